The van der Waals surface area contributed by atoms with E-state index < -0.39 is 0 Å². The second kappa shape index (κ2) is 5.85. The summed E-state index contributed by atoms with van der Waals surface area (Å²) < 4.78 is 0. The molecule has 1 heterocycles. The molecule has 3 nitrogen and oxygen atoms in total. The lowest BCUT2D eigenvalue weighted by atomic mass is 10.0. The minimum atomic E-state index is 0.491. The average molecular weight is 221 g/mol. The van der Waals surface area contributed by atoms with Crippen LogP contribution < -0.4 is 10.2 Å². The molecule has 0 amide bonds. The van der Waals surface area contributed by atoms with Crippen molar-refractivity contribution in [1.29, 1.82) is 0 Å². The van der Waals surface area contributed by atoms with E-state index in [-0.39, 0.29) is 0 Å². The molecular weight excluding hydrogens is 198 g/mol. The first-order chi connectivity index (χ1) is 7.57. The molecule has 3 heteroatoms. The minimum Gasteiger partial charge on any atom is -0.356 e. The fourth-order valence-electron chi connectivity index (χ4n) is 1.72. The van der Waals surface area contributed by atoms with E-state index in [1.165, 1.54) is 5.56 Å². The first kappa shape index (κ1) is 13.0. The largest absolute Gasteiger partial charge is 0.356 e. The third-order valence-corrected chi connectivity index (χ3v) is 3.14. The van der Waals surface area contributed by atoms with Crippen LogP contribution in [0.2, 0.25) is 0 Å². The minimum absolute atomic E-state index is 0.491. The molecule has 0 saturated carbocycles. The molecule has 16 heavy (non-hydrogen) atoms. The Hall–Kier alpha value is -1.09. The predicted octanol–water partition coefficient (Wildman–Crippen LogP) is 2.28. The number of hydrogen-bond acceptors (Lipinski definition) is 3. The van der Waals surface area contributed by atoms with Crippen molar-refractivity contribution in [2.24, 2.45) is 5.92 Å². The Balaban J connectivity index is 2.93. The quantitative estimate of drug-likeness (QED) is 0.827. The van der Waals surface area contributed by atoms with Gasteiger partial charge >= 0.3 is 0 Å². The maximum absolute atomic E-state index is 4.49. The Morgan fingerprint density at radius 2 is 2.06 bits per heavy atom. The Kier molecular flexibility index (Phi) is 4.74. The third kappa shape index (κ3) is 2.95. The van der Waals surface area contributed by atoms with Crippen molar-refractivity contribution in [3.05, 3.63) is 23.9 Å². The molecular formula is C13H23N3. The van der Waals surface area contributed by atoms with Crippen molar-refractivity contribution in [3.8, 4) is 0 Å². The zero-order valence-electron chi connectivity index (χ0n) is 11.0. The van der Waals surface area contributed by atoms with Gasteiger partial charge in [-0.25, -0.2) is 4.98 Å². The number of anilines is 1. The maximum Gasteiger partial charge on any atom is 0.132 e. The van der Waals surface area contributed by atoms with Crippen molar-refractivity contribution in [1.82, 2.24) is 10.3 Å². The van der Waals surface area contributed by atoms with Gasteiger partial charge in [-0.1, -0.05) is 19.9 Å². The van der Waals surface area contributed by atoms with E-state index in [0.29, 0.717) is 12.0 Å². The maximum atomic E-state index is 4.49. The Labute approximate surface area is 98.9 Å². The van der Waals surface area contributed by atoms with Crippen LogP contribution in [0.4, 0.5) is 5.82 Å². The van der Waals surface area contributed by atoms with Gasteiger partial charge in [0.2, 0.25) is 0 Å². The summed E-state index contributed by atoms with van der Waals surface area (Å²) in [6, 6.07) is 4.61. The summed E-state index contributed by atoms with van der Waals surface area (Å²) >= 11 is 0. The lowest BCUT2D eigenvalue weighted by Crippen LogP contribution is -2.34. The van der Waals surface area contributed by atoms with Gasteiger partial charge in [0.25, 0.3) is 0 Å². The highest BCUT2D eigenvalue weighted by molar-refractivity contribution is 5.46. The molecule has 1 aromatic heterocycles. The van der Waals surface area contributed by atoms with E-state index in [1.54, 1.807) is 0 Å². The molecule has 0 radical (unpaired) electrons. The highest BCUT2D eigenvalue weighted by Crippen LogP contribution is 2.20. The van der Waals surface area contributed by atoms with Gasteiger partial charge < -0.3 is 10.2 Å². The van der Waals surface area contributed by atoms with Crippen LogP contribution in [0.25, 0.3) is 0 Å². The molecule has 1 unspecified atom stereocenters. The zero-order valence-corrected chi connectivity index (χ0v) is 11.0. The molecule has 0 saturated heterocycles. The van der Waals surface area contributed by atoms with Crippen LogP contribution in [0.5, 0.6) is 0 Å². The highest BCUT2D eigenvalue weighted by atomic mass is 15.2. The molecule has 1 aromatic rings. The summed E-state index contributed by atoms with van der Waals surface area (Å²) in [6.07, 6.45) is 1.86. The number of pyridine rings is 1. The Morgan fingerprint density at radius 1 is 1.38 bits per heavy atom. The Bertz CT molecular complexity index is 323. The van der Waals surface area contributed by atoms with Gasteiger partial charge in [-0.15, -0.1) is 0 Å². The van der Waals surface area contributed by atoms with E-state index in [1.807, 2.05) is 19.3 Å². The molecule has 1 N–H and O–H groups in total. The highest BCUT2D eigenvalue weighted by Gasteiger charge is 2.16. The molecule has 0 fully saturated rings. The SMILES string of the molecule is CNCc1cccnc1N(C)C(C)C(C)C. The van der Waals surface area contributed by atoms with Crippen LogP contribution in [0.3, 0.4) is 0 Å². The summed E-state index contributed by atoms with van der Waals surface area (Å²) in [6.45, 7) is 7.57. The lowest BCUT2D eigenvalue weighted by molar-refractivity contribution is 0.501. The monoisotopic (exact) mass is 221 g/mol. The van der Waals surface area contributed by atoms with E-state index in [0.717, 1.165) is 12.4 Å². The van der Waals surface area contributed by atoms with E-state index in [2.05, 4.69) is 49.1 Å². The fourth-order valence-corrected chi connectivity index (χ4v) is 1.72. The standard InChI is InChI=1S/C13H23N3/c1-10(2)11(3)16(5)13-12(9-14-4)7-6-8-15-13/h6-8,10-11,14H,9H2,1-5H3. The lowest BCUT2D eigenvalue weighted by Gasteiger charge is -2.30. The van der Waals surface area contributed by atoms with Gasteiger partial charge in [-0.3, -0.25) is 0 Å². The van der Waals surface area contributed by atoms with Crippen LogP contribution in [0, 0.1) is 5.92 Å². The van der Waals surface area contributed by atoms with E-state index >= 15 is 0 Å². The summed E-state index contributed by atoms with van der Waals surface area (Å²) in [7, 11) is 4.08. The van der Waals surface area contributed by atoms with Crippen LogP contribution in [-0.2, 0) is 6.54 Å². The summed E-state index contributed by atoms with van der Waals surface area (Å²) in [4.78, 5) is 6.75. The third-order valence-electron chi connectivity index (χ3n) is 3.14. The average Bonchev–Trinajstić information content (AvgIpc) is 2.28. The zero-order chi connectivity index (χ0) is 12.1. The van der Waals surface area contributed by atoms with Crippen molar-refractivity contribution < 1.29 is 0 Å². The van der Waals surface area contributed by atoms with E-state index in [9.17, 15) is 0 Å². The molecule has 90 valence electrons. The Morgan fingerprint density at radius 3 is 2.62 bits per heavy atom. The van der Waals surface area contributed by atoms with Gasteiger partial charge in [0.15, 0.2) is 0 Å². The number of nitrogens with zero attached hydrogens (tertiary/aromatic N) is 2. The molecule has 0 aromatic carbocycles. The summed E-state index contributed by atoms with van der Waals surface area (Å²) in [5.74, 6) is 1.70. The molecule has 0 aliphatic rings. The van der Waals surface area contributed by atoms with Gasteiger partial charge in [0.05, 0.1) is 0 Å². The summed E-state index contributed by atoms with van der Waals surface area (Å²) in [5, 5.41) is 3.18. The van der Waals surface area contributed by atoms with Gasteiger partial charge in [0.1, 0.15) is 5.82 Å². The second-order valence-electron chi connectivity index (χ2n) is 4.61. The molecule has 1 rings (SSSR count). The smallest absolute Gasteiger partial charge is 0.132 e. The molecule has 0 bridgehead atoms. The second-order valence-corrected chi connectivity index (χ2v) is 4.61. The van der Waals surface area contributed by atoms with Crippen LogP contribution in [-0.4, -0.2) is 25.1 Å². The fraction of sp³-hybridized carbons (Fsp3) is 0.615. The number of aromatic nitrogens is 1. The van der Waals surface area contributed by atoms with Crippen molar-refractivity contribution in [3.63, 3.8) is 0 Å². The van der Waals surface area contributed by atoms with E-state index in [4.69, 9.17) is 0 Å². The normalized spacial score (nSPS) is 12.9. The topological polar surface area (TPSA) is 28.2 Å². The number of rotatable bonds is 5. The van der Waals surface area contributed by atoms with Crippen molar-refractivity contribution >= 4 is 5.82 Å². The van der Waals surface area contributed by atoms with Gasteiger partial charge in [-0.2, -0.15) is 0 Å². The van der Waals surface area contributed by atoms with Crippen LogP contribution >= 0.6 is 0 Å². The van der Waals surface area contributed by atoms with Gasteiger partial charge in [0, 0.05) is 31.4 Å². The van der Waals surface area contributed by atoms with Crippen molar-refractivity contribution in [2.75, 3.05) is 19.0 Å². The molecule has 1 atom stereocenters. The first-order valence-electron chi connectivity index (χ1n) is 5.89. The molecule has 0 aliphatic heterocycles. The van der Waals surface area contributed by atoms with Crippen LogP contribution in [0.15, 0.2) is 18.3 Å². The molecule has 0 spiro atoms. The van der Waals surface area contributed by atoms with Gasteiger partial charge in [-0.05, 0) is 26.0 Å². The molecule has 0 aliphatic carbocycles. The number of hydrogen-bond donors (Lipinski definition) is 1. The van der Waals surface area contributed by atoms with Crippen LogP contribution in [0.1, 0.15) is 26.3 Å². The first-order valence-corrected chi connectivity index (χ1v) is 5.89. The predicted molar refractivity (Wildman–Crippen MR) is 69.7 cm³/mol. The van der Waals surface area contributed by atoms with Crippen molar-refractivity contribution in [2.45, 2.75) is 33.4 Å². The summed E-state index contributed by atoms with van der Waals surface area (Å²) in [5.41, 5.74) is 1.25. The number of nitrogens with one attached hydrogen (secondary N) is 1.